The van der Waals surface area contributed by atoms with Crippen molar-refractivity contribution in [3.63, 3.8) is 0 Å². The zero-order valence-corrected chi connectivity index (χ0v) is 17.0. The molecule has 8 nitrogen and oxygen atoms in total. The minimum Gasteiger partial charge on any atom is -0.462 e. The summed E-state index contributed by atoms with van der Waals surface area (Å²) in [6.45, 7) is 7.01. The van der Waals surface area contributed by atoms with Gasteiger partial charge < -0.3 is 14.2 Å². The van der Waals surface area contributed by atoms with E-state index in [1.165, 1.54) is 19.1 Å². The van der Waals surface area contributed by atoms with Gasteiger partial charge in [0.2, 0.25) is 0 Å². The lowest BCUT2D eigenvalue weighted by atomic mass is 9.97. The minimum absolute atomic E-state index is 0.00137. The average molecular weight is 402 g/mol. The third-order valence-corrected chi connectivity index (χ3v) is 4.59. The van der Waals surface area contributed by atoms with Crippen LogP contribution in [-0.2, 0) is 38.1 Å². The Labute approximate surface area is 159 Å². The van der Waals surface area contributed by atoms with Crippen LogP contribution in [0.1, 0.15) is 33.3 Å². The van der Waals surface area contributed by atoms with E-state index in [1.54, 1.807) is 32.9 Å². The number of ether oxygens (including phenoxy) is 3. The van der Waals surface area contributed by atoms with Gasteiger partial charge in [-0.05, 0) is 39.8 Å². The molecule has 1 atom stereocenters. The lowest BCUT2D eigenvalue weighted by Crippen LogP contribution is -2.32. The molecular formula is C18H26O8S. The van der Waals surface area contributed by atoms with Gasteiger partial charge in [0.15, 0.2) is 6.79 Å². The molecule has 0 saturated carbocycles. The lowest BCUT2D eigenvalue weighted by Gasteiger charge is -2.21. The van der Waals surface area contributed by atoms with Crippen molar-refractivity contribution in [3.05, 3.63) is 29.8 Å². The SMILES string of the molecule is CC(=O)OCO[C@H](COC(=O)C(C)(C)C)COS(=O)(=O)c1ccc(C)cc1. The highest BCUT2D eigenvalue weighted by molar-refractivity contribution is 7.86. The molecule has 0 aromatic heterocycles. The lowest BCUT2D eigenvalue weighted by molar-refractivity contribution is -0.171. The number of rotatable bonds is 9. The topological polar surface area (TPSA) is 105 Å². The van der Waals surface area contributed by atoms with E-state index < -0.39 is 47.0 Å². The predicted octanol–water partition coefficient (Wildman–Crippen LogP) is 2.20. The van der Waals surface area contributed by atoms with Crippen LogP contribution in [0.5, 0.6) is 0 Å². The van der Waals surface area contributed by atoms with Crippen molar-refractivity contribution in [2.75, 3.05) is 20.0 Å². The quantitative estimate of drug-likeness (QED) is 0.352. The summed E-state index contributed by atoms with van der Waals surface area (Å²) < 4.78 is 44.6. The zero-order valence-electron chi connectivity index (χ0n) is 16.2. The maximum atomic E-state index is 12.3. The van der Waals surface area contributed by atoms with Gasteiger partial charge in [0.1, 0.15) is 12.7 Å². The van der Waals surface area contributed by atoms with E-state index in [2.05, 4.69) is 4.74 Å². The minimum atomic E-state index is -4.01. The van der Waals surface area contributed by atoms with Gasteiger partial charge in [-0.2, -0.15) is 8.42 Å². The third-order valence-electron chi connectivity index (χ3n) is 3.30. The Morgan fingerprint density at radius 2 is 1.63 bits per heavy atom. The Balaban J connectivity index is 2.72. The summed E-state index contributed by atoms with van der Waals surface area (Å²) in [5.41, 5.74) is 0.181. The first-order valence-electron chi connectivity index (χ1n) is 8.30. The molecular weight excluding hydrogens is 376 g/mol. The Bertz CT molecular complexity index is 732. The van der Waals surface area contributed by atoms with Crippen LogP contribution in [0.4, 0.5) is 0 Å². The third kappa shape index (κ3) is 8.51. The number of benzene rings is 1. The van der Waals surface area contributed by atoms with E-state index in [0.29, 0.717) is 0 Å². The summed E-state index contributed by atoms with van der Waals surface area (Å²) in [6, 6.07) is 6.16. The van der Waals surface area contributed by atoms with Crippen LogP contribution < -0.4 is 0 Å². The second-order valence-corrected chi connectivity index (χ2v) is 8.56. The highest BCUT2D eigenvalue weighted by atomic mass is 32.2. The molecule has 152 valence electrons. The van der Waals surface area contributed by atoms with E-state index in [1.807, 2.05) is 6.92 Å². The number of hydrogen-bond acceptors (Lipinski definition) is 8. The van der Waals surface area contributed by atoms with Crippen LogP contribution in [0.3, 0.4) is 0 Å². The van der Waals surface area contributed by atoms with Gasteiger partial charge in [-0.25, -0.2) is 0 Å². The van der Waals surface area contributed by atoms with Gasteiger partial charge in [-0.3, -0.25) is 13.8 Å². The molecule has 0 N–H and O–H groups in total. The molecule has 1 rings (SSSR count). The smallest absolute Gasteiger partial charge is 0.311 e. The zero-order chi connectivity index (χ0) is 20.7. The summed E-state index contributed by atoms with van der Waals surface area (Å²) in [7, 11) is -4.01. The molecule has 0 saturated heterocycles. The van der Waals surface area contributed by atoms with Crippen LogP contribution in [0.15, 0.2) is 29.2 Å². The molecule has 0 radical (unpaired) electrons. The number of esters is 2. The first-order chi connectivity index (χ1) is 12.4. The van der Waals surface area contributed by atoms with Crippen molar-refractivity contribution in [3.8, 4) is 0 Å². The predicted molar refractivity (Wildman–Crippen MR) is 96.2 cm³/mol. The molecule has 1 aromatic carbocycles. The molecule has 0 fully saturated rings. The Hall–Kier alpha value is -1.97. The van der Waals surface area contributed by atoms with Gasteiger partial charge >= 0.3 is 11.9 Å². The fraction of sp³-hybridized carbons (Fsp3) is 0.556. The molecule has 0 aliphatic rings. The maximum Gasteiger partial charge on any atom is 0.311 e. The molecule has 0 spiro atoms. The summed E-state index contributed by atoms with van der Waals surface area (Å²) in [4.78, 5) is 22.7. The van der Waals surface area contributed by atoms with Crippen LogP contribution >= 0.6 is 0 Å². The first-order valence-corrected chi connectivity index (χ1v) is 9.71. The largest absolute Gasteiger partial charge is 0.462 e. The second kappa shape index (κ2) is 9.82. The molecule has 0 amide bonds. The Kier molecular flexibility index (Phi) is 8.39. The molecule has 9 heteroatoms. The first kappa shape index (κ1) is 23.1. The van der Waals surface area contributed by atoms with Crippen molar-refractivity contribution < 1.29 is 36.4 Å². The van der Waals surface area contributed by atoms with Crippen molar-refractivity contribution >= 4 is 22.1 Å². The molecule has 0 aliphatic carbocycles. The fourth-order valence-electron chi connectivity index (χ4n) is 1.68. The molecule has 0 unspecified atom stereocenters. The van der Waals surface area contributed by atoms with Crippen LogP contribution in [-0.4, -0.2) is 46.5 Å². The highest BCUT2D eigenvalue weighted by Crippen LogP contribution is 2.17. The fourth-order valence-corrected chi connectivity index (χ4v) is 2.62. The monoisotopic (exact) mass is 402 g/mol. The summed E-state index contributed by atoms with van der Waals surface area (Å²) in [6.07, 6.45) is -0.934. The maximum absolute atomic E-state index is 12.3. The highest BCUT2D eigenvalue weighted by Gasteiger charge is 2.26. The summed E-state index contributed by atoms with van der Waals surface area (Å²) in [5, 5.41) is 0. The van der Waals surface area contributed by atoms with Crippen molar-refractivity contribution in [2.24, 2.45) is 5.41 Å². The van der Waals surface area contributed by atoms with E-state index in [-0.39, 0.29) is 11.5 Å². The van der Waals surface area contributed by atoms with Gasteiger partial charge in [0.25, 0.3) is 10.1 Å². The number of carbonyl (C=O) groups is 2. The van der Waals surface area contributed by atoms with E-state index in [4.69, 9.17) is 13.7 Å². The van der Waals surface area contributed by atoms with Gasteiger partial charge in [0, 0.05) is 6.92 Å². The van der Waals surface area contributed by atoms with Gasteiger partial charge in [-0.1, -0.05) is 17.7 Å². The molecule has 1 aromatic rings. The van der Waals surface area contributed by atoms with E-state index in [0.717, 1.165) is 5.56 Å². The van der Waals surface area contributed by atoms with Gasteiger partial charge in [-0.15, -0.1) is 0 Å². The number of carbonyl (C=O) groups excluding carboxylic acids is 2. The molecule has 0 aliphatic heterocycles. The van der Waals surface area contributed by atoms with Crippen molar-refractivity contribution in [1.29, 1.82) is 0 Å². The Morgan fingerprint density at radius 3 is 2.15 bits per heavy atom. The van der Waals surface area contributed by atoms with Gasteiger partial charge in [0.05, 0.1) is 16.9 Å². The van der Waals surface area contributed by atoms with E-state index >= 15 is 0 Å². The van der Waals surface area contributed by atoms with Crippen LogP contribution in [0.2, 0.25) is 0 Å². The van der Waals surface area contributed by atoms with E-state index in [9.17, 15) is 18.0 Å². The molecule has 0 bridgehead atoms. The Morgan fingerprint density at radius 1 is 1.04 bits per heavy atom. The molecule has 0 heterocycles. The van der Waals surface area contributed by atoms with Crippen LogP contribution in [0, 0.1) is 12.3 Å². The van der Waals surface area contributed by atoms with Crippen molar-refractivity contribution in [1.82, 2.24) is 0 Å². The second-order valence-electron chi connectivity index (χ2n) is 6.94. The standard InChI is InChI=1S/C18H26O8S/c1-13-6-8-16(9-7-13)27(21,22)26-11-15(25-12-24-14(2)19)10-23-17(20)18(3,4)5/h6-9,15H,10-12H2,1-5H3/t15-/m1/s1. The normalized spacial score (nSPS) is 13.1. The number of aryl methyl sites for hydroxylation is 1. The van der Waals surface area contributed by atoms with Crippen LogP contribution in [0.25, 0.3) is 0 Å². The molecule has 27 heavy (non-hydrogen) atoms. The number of hydrogen-bond donors (Lipinski definition) is 0. The summed E-state index contributed by atoms with van der Waals surface area (Å²) >= 11 is 0. The summed E-state index contributed by atoms with van der Waals surface area (Å²) in [5.74, 6) is -1.04. The van der Waals surface area contributed by atoms with Crippen molar-refractivity contribution in [2.45, 2.75) is 45.6 Å². The average Bonchev–Trinajstić information content (AvgIpc) is 2.55.